The molecule has 1 aromatic carbocycles. The van der Waals surface area contributed by atoms with Crippen molar-refractivity contribution in [2.75, 3.05) is 23.3 Å². The summed E-state index contributed by atoms with van der Waals surface area (Å²) < 4.78 is 0. The van der Waals surface area contributed by atoms with E-state index < -0.39 is 0 Å². The Morgan fingerprint density at radius 2 is 2.27 bits per heavy atom. The zero-order valence-corrected chi connectivity index (χ0v) is 9.33. The second kappa shape index (κ2) is 4.11. The molecule has 0 saturated carbocycles. The van der Waals surface area contributed by atoms with Crippen molar-refractivity contribution in [1.29, 1.82) is 0 Å². The Morgan fingerprint density at radius 1 is 1.47 bits per heavy atom. The highest BCUT2D eigenvalue weighted by Gasteiger charge is 2.20. The number of benzene rings is 1. The fraction of sp³-hybridized carbons (Fsp3) is 0.500. The number of nitrogens with zero attached hydrogens (tertiary/aromatic N) is 1. The van der Waals surface area contributed by atoms with Gasteiger partial charge in [0.1, 0.15) is 0 Å². The van der Waals surface area contributed by atoms with Gasteiger partial charge in [-0.05, 0) is 19.9 Å². The van der Waals surface area contributed by atoms with Gasteiger partial charge in [-0.2, -0.15) is 0 Å². The summed E-state index contributed by atoms with van der Waals surface area (Å²) in [6.07, 6.45) is 0. The highest BCUT2D eigenvalue weighted by Crippen LogP contribution is 2.33. The van der Waals surface area contributed by atoms with Crippen LogP contribution in [0.3, 0.4) is 0 Å². The standard InChI is InChI=1S/C12H18N2O/c1-9(2)14-7-6-13-12-10(8-15)4-3-5-11(12)14/h3-5,9,13,15H,6-8H2,1-2H3. The smallest absolute Gasteiger partial charge is 0.0702 e. The lowest BCUT2D eigenvalue weighted by Crippen LogP contribution is -2.39. The number of para-hydroxylation sites is 1. The minimum atomic E-state index is 0.0993. The van der Waals surface area contributed by atoms with Crippen LogP contribution < -0.4 is 10.2 Å². The first-order chi connectivity index (χ1) is 7.24. The summed E-state index contributed by atoms with van der Waals surface area (Å²) in [5.41, 5.74) is 3.29. The minimum absolute atomic E-state index is 0.0993. The highest BCUT2D eigenvalue weighted by molar-refractivity contribution is 5.75. The number of rotatable bonds is 2. The molecule has 82 valence electrons. The Kier molecular flexibility index (Phi) is 2.82. The first-order valence-corrected chi connectivity index (χ1v) is 5.47. The molecule has 3 heteroatoms. The van der Waals surface area contributed by atoms with Crippen LogP contribution in [-0.2, 0) is 6.61 Å². The molecule has 0 radical (unpaired) electrons. The van der Waals surface area contributed by atoms with Crippen LogP contribution in [0.5, 0.6) is 0 Å². The van der Waals surface area contributed by atoms with Gasteiger partial charge in [0.05, 0.1) is 18.0 Å². The Morgan fingerprint density at radius 3 is 2.93 bits per heavy atom. The summed E-state index contributed by atoms with van der Waals surface area (Å²) in [5, 5.41) is 12.6. The normalized spacial score (nSPS) is 15.1. The SMILES string of the molecule is CC(C)N1CCNc2c(CO)cccc21. The van der Waals surface area contributed by atoms with Crippen LogP contribution in [0.15, 0.2) is 18.2 Å². The van der Waals surface area contributed by atoms with Crippen molar-refractivity contribution in [3.8, 4) is 0 Å². The predicted octanol–water partition coefficient (Wildman–Crippen LogP) is 1.82. The number of aliphatic hydroxyl groups is 1. The van der Waals surface area contributed by atoms with E-state index in [9.17, 15) is 5.11 Å². The zero-order chi connectivity index (χ0) is 10.8. The van der Waals surface area contributed by atoms with Gasteiger partial charge < -0.3 is 15.3 Å². The third-order valence-corrected chi connectivity index (χ3v) is 2.89. The molecule has 3 nitrogen and oxygen atoms in total. The Hall–Kier alpha value is -1.22. The fourth-order valence-corrected chi connectivity index (χ4v) is 2.12. The lowest BCUT2D eigenvalue weighted by molar-refractivity contribution is 0.282. The van der Waals surface area contributed by atoms with Crippen molar-refractivity contribution in [2.45, 2.75) is 26.5 Å². The van der Waals surface area contributed by atoms with E-state index in [4.69, 9.17) is 0 Å². The van der Waals surface area contributed by atoms with Crippen LogP contribution in [0.25, 0.3) is 0 Å². The molecule has 2 rings (SSSR count). The van der Waals surface area contributed by atoms with E-state index >= 15 is 0 Å². The summed E-state index contributed by atoms with van der Waals surface area (Å²) in [5.74, 6) is 0. The molecular formula is C12H18N2O. The van der Waals surface area contributed by atoms with Gasteiger partial charge in [0, 0.05) is 24.7 Å². The molecule has 1 aliphatic heterocycles. The number of nitrogens with one attached hydrogen (secondary N) is 1. The van der Waals surface area contributed by atoms with E-state index in [1.165, 1.54) is 5.69 Å². The third-order valence-electron chi connectivity index (χ3n) is 2.89. The Bertz CT molecular complexity index is 349. The Labute approximate surface area is 90.7 Å². The summed E-state index contributed by atoms with van der Waals surface area (Å²) in [6.45, 7) is 6.46. The molecule has 1 aliphatic rings. The van der Waals surface area contributed by atoms with Crippen LogP contribution >= 0.6 is 0 Å². The average molecular weight is 206 g/mol. The number of hydrogen-bond donors (Lipinski definition) is 2. The van der Waals surface area contributed by atoms with Gasteiger partial charge in [0.25, 0.3) is 0 Å². The monoisotopic (exact) mass is 206 g/mol. The van der Waals surface area contributed by atoms with Gasteiger partial charge in [0.15, 0.2) is 0 Å². The number of anilines is 2. The van der Waals surface area contributed by atoms with Gasteiger partial charge in [0.2, 0.25) is 0 Å². The van der Waals surface area contributed by atoms with Crippen LogP contribution in [0.4, 0.5) is 11.4 Å². The molecule has 0 atom stereocenters. The summed E-state index contributed by atoms with van der Waals surface area (Å²) in [6, 6.07) is 6.59. The summed E-state index contributed by atoms with van der Waals surface area (Å²) in [7, 11) is 0. The van der Waals surface area contributed by atoms with Crippen molar-refractivity contribution >= 4 is 11.4 Å². The molecule has 0 amide bonds. The topological polar surface area (TPSA) is 35.5 Å². The van der Waals surface area contributed by atoms with Crippen molar-refractivity contribution in [3.63, 3.8) is 0 Å². The second-order valence-electron chi connectivity index (χ2n) is 4.18. The molecule has 0 aromatic heterocycles. The second-order valence-corrected chi connectivity index (χ2v) is 4.18. The molecule has 0 bridgehead atoms. The van der Waals surface area contributed by atoms with Crippen molar-refractivity contribution in [2.24, 2.45) is 0 Å². The minimum Gasteiger partial charge on any atom is -0.392 e. The molecule has 1 heterocycles. The van der Waals surface area contributed by atoms with Gasteiger partial charge in [-0.3, -0.25) is 0 Å². The van der Waals surface area contributed by atoms with Crippen molar-refractivity contribution in [1.82, 2.24) is 0 Å². The lowest BCUT2D eigenvalue weighted by atomic mass is 10.1. The molecule has 0 aliphatic carbocycles. The van der Waals surface area contributed by atoms with Crippen molar-refractivity contribution in [3.05, 3.63) is 23.8 Å². The van der Waals surface area contributed by atoms with Crippen LogP contribution in [0.1, 0.15) is 19.4 Å². The maximum Gasteiger partial charge on any atom is 0.0702 e. The van der Waals surface area contributed by atoms with Crippen molar-refractivity contribution < 1.29 is 5.11 Å². The number of hydrogen-bond acceptors (Lipinski definition) is 3. The van der Waals surface area contributed by atoms with Gasteiger partial charge >= 0.3 is 0 Å². The summed E-state index contributed by atoms with van der Waals surface area (Å²) in [4.78, 5) is 2.37. The molecular weight excluding hydrogens is 188 g/mol. The number of fused-ring (bicyclic) bond motifs is 1. The quantitative estimate of drug-likeness (QED) is 0.774. The van der Waals surface area contributed by atoms with E-state index in [0.29, 0.717) is 6.04 Å². The van der Waals surface area contributed by atoms with Gasteiger partial charge in [-0.25, -0.2) is 0 Å². The maximum atomic E-state index is 9.26. The lowest BCUT2D eigenvalue weighted by Gasteiger charge is -2.36. The van der Waals surface area contributed by atoms with E-state index in [1.807, 2.05) is 12.1 Å². The largest absolute Gasteiger partial charge is 0.392 e. The molecule has 0 saturated heterocycles. The molecule has 1 aromatic rings. The Balaban J connectivity index is 2.44. The van der Waals surface area contributed by atoms with E-state index in [2.05, 4.69) is 30.1 Å². The zero-order valence-electron chi connectivity index (χ0n) is 9.33. The maximum absolute atomic E-state index is 9.26. The summed E-state index contributed by atoms with van der Waals surface area (Å²) >= 11 is 0. The molecule has 0 unspecified atom stereocenters. The van der Waals surface area contributed by atoms with Crippen LogP contribution in [0, 0.1) is 0 Å². The van der Waals surface area contributed by atoms with Gasteiger partial charge in [-0.15, -0.1) is 0 Å². The predicted molar refractivity (Wildman–Crippen MR) is 63.3 cm³/mol. The average Bonchev–Trinajstić information content (AvgIpc) is 2.27. The third kappa shape index (κ3) is 1.79. The molecule has 0 spiro atoms. The first-order valence-electron chi connectivity index (χ1n) is 5.47. The van der Waals surface area contributed by atoms with Crippen LogP contribution in [0.2, 0.25) is 0 Å². The van der Waals surface area contributed by atoms with Crippen LogP contribution in [-0.4, -0.2) is 24.2 Å². The van der Waals surface area contributed by atoms with E-state index in [-0.39, 0.29) is 6.61 Å². The first kappa shape index (κ1) is 10.3. The molecule has 15 heavy (non-hydrogen) atoms. The van der Waals surface area contributed by atoms with Gasteiger partial charge in [-0.1, -0.05) is 12.1 Å². The number of aliphatic hydroxyl groups excluding tert-OH is 1. The van der Waals surface area contributed by atoms with E-state index in [1.54, 1.807) is 0 Å². The highest BCUT2D eigenvalue weighted by atomic mass is 16.3. The molecule has 2 N–H and O–H groups in total. The fourth-order valence-electron chi connectivity index (χ4n) is 2.12. The molecule has 0 fully saturated rings. The van der Waals surface area contributed by atoms with E-state index in [0.717, 1.165) is 24.3 Å².